The molecule has 0 N–H and O–H groups in total. The van der Waals surface area contributed by atoms with Crippen LogP contribution in [0.2, 0.25) is 0 Å². The minimum absolute atomic E-state index is 0.107. The summed E-state index contributed by atoms with van der Waals surface area (Å²) in [6.45, 7) is 1.41. The van der Waals surface area contributed by atoms with Crippen molar-refractivity contribution in [3.8, 4) is 0 Å². The first-order chi connectivity index (χ1) is 21.4. The van der Waals surface area contributed by atoms with Gasteiger partial charge in [-0.2, -0.15) is 0 Å². The van der Waals surface area contributed by atoms with Gasteiger partial charge in [-0.05, 0) is 77.4 Å². The number of Topliss-reactive ketones (excluding diaryl/α,β-unsaturated/α-hetero) is 2. The number of nitrogens with zero attached hydrogens (tertiary/aromatic N) is 4. The van der Waals surface area contributed by atoms with E-state index in [2.05, 4.69) is 64.0 Å². The van der Waals surface area contributed by atoms with E-state index < -0.39 is 0 Å². The maximum Gasteiger partial charge on any atom is 0.181 e. The van der Waals surface area contributed by atoms with Crippen LogP contribution in [-0.2, 0) is 48.4 Å². The Kier molecular flexibility index (Phi) is 7.87. The number of aliphatic imine (C=N–C) groups is 4. The second kappa shape index (κ2) is 12.1. The molecule has 8 heteroatoms. The third kappa shape index (κ3) is 5.84. The normalized spacial score (nSPS) is 15.1. The van der Waals surface area contributed by atoms with Crippen molar-refractivity contribution < 1.29 is 9.59 Å². The average Bonchev–Trinajstić information content (AvgIpc) is 3.82. The molecule has 0 saturated carbocycles. The largest absolute Gasteiger partial charge is 0.292 e. The zero-order chi connectivity index (χ0) is 30.2. The number of halogens is 2. The van der Waals surface area contributed by atoms with Crippen LogP contribution >= 0.6 is 31.9 Å². The number of benzene rings is 4. The Morgan fingerprint density at radius 3 is 1.39 bits per heavy atom. The van der Waals surface area contributed by atoms with Gasteiger partial charge in [-0.1, -0.05) is 72.8 Å². The van der Waals surface area contributed by atoms with Gasteiger partial charge in [0.2, 0.25) is 0 Å². The maximum absolute atomic E-state index is 12.4. The first-order valence-electron chi connectivity index (χ1n) is 14.4. The Bertz CT molecular complexity index is 1820. The van der Waals surface area contributed by atoms with E-state index in [9.17, 15) is 9.59 Å². The zero-order valence-electron chi connectivity index (χ0n) is 23.7. The summed E-state index contributed by atoms with van der Waals surface area (Å²) in [5, 5.41) is 0. The van der Waals surface area contributed by atoms with Gasteiger partial charge >= 0.3 is 0 Å². The molecule has 8 rings (SSSR count). The molecule has 4 aliphatic rings. The molecule has 0 bridgehead atoms. The van der Waals surface area contributed by atoms with E-state index in [1.165, 1.54) is 11.1 Å². The number of ketones is 2. The van der Waals surface area contributed by atoms with E-state index in [0.717, 1.165) is 54.0 Å². The molecule has 0 fully saturated rings. The molecule has 4 heterocycles. The predicted octanol–water partition coefficient (Wildman–Crippen LogP) is 7.56. The van der Waals surface area contributed by atoms with Crippen LogP contribution in [0.3, 0.4) is 0 Å². The average molecular weight is 706 g/mol. The highest BCUT2D eigenvalue weighted by molar-refractivity contribution is 9.18. The zero-order valence-corrected chi connectivity index (χ0v) is 26.9. The third-order valence-corrected chi connectivity index (χ3v) is 9.47. The van der Waals surface area contributed by atoms with Crippen molar-refractivity contribution in [3.63, 3.8) is 0 Å². The van der Waals surface area contributed by atoms with Crippen LogP contribution < -0.4 is 0 Å². The number of rotatable bonds is 6. The van der Waals surface area contributed by atoms with Gasteiger partial charge in [-0.15, -0.1) is 0 Å². The van der Waals surface area contributed by atoms with Gasteiger partial charge in [0.15, 0.2) is 11.6 Å². The number of carbonyl (C=O) groups is 2. The Hall–Kier alpha value is -4.14. The second-order valence-electron chi connectivity index (χ2n) is 11.1. The second-order valence-corrected chi connectivity index (χ2v) is 12.6. The summed E-state index contributed by atoms with van der Waals surface area (Å²) in [4.78, 5) is 42.7. The quantitative estimate of drug-likeness (QED) is 0.207. The molecule has 0 saturated heterocycles. The smallest absolute Gasteiger partial charge is 0.181 e. The molecule has 0 amide bonds. The van der Waals surface area contributed by atoms with E-state index in [0.29, 0.717) is 50.2 Å². The molecule has 0 spiro atoms. The van der Waals surface area contributed by atoms with Gasteiger partial charge in [0, 0.05) is 36.8 Å². The standard InChI is InChI=1S/2C18H13BrN2O/c2*19-18-14-9-15-12(7-13(14)10-20-18)8-16(21-15)17(22)6-11-4-2-1-3-5-11/h2*1-5,7,9H,6,8,10H2. The lowest BCUT2D eigenvalue weighted by molar-refractivity contribution is -0.113. The highest BCUT2D eigenvalue weighted by Crippen LogP contribution is 2.35. The maximum atomic E-state index is 12.4. The van der Waals surface area contributed by atoms with Crippen molar-refractivity contribution in [2.45, 2.75) is 38.8 Å². The molecule has 0 unspecified atom stereocenters. The molecule has 0 aliphatic carbocycles. The van der Waals surface area contributed by atoms with E-state index >= 15 is 0 Å². The molecular formula is C36H26Br2N4O2. The molecule has 4 aromatic rings. The van der Waals surface area contributed by atoms with Crippen LogP contribution in [0.1, 0.15) is 44.5 Å². The lowest BCUT2D eigenvalue weighted by Gasteiger charge is -2.02. The summed E-state index contributed by atoms with van der Waals surface area (Å²) >= 11 is 6.94. The molecule has 4 aromatic carbocycles. The first kappa shape index (κ1) is 28.6. The van der Waals surface area contributed by atoms with Crippen LogP contribution in [0.15, 0.2) is 105 Å². The van der Waals surface area contributed by atoms with Gasteiger partial charge in [0.25, 0.3) is 0 Å². The number of hydrogen-bond donors (Lipinski definition) is 0. The van der Waals surface area contributed by atoms with Crippen molar-refractivity contribution in [3.05, 3.63) is 129 Å². The highest BCUT2D eigenvalue weighted by Gasteiger charge is 2.26. The van der Waals surface area contributed by atoms with Gasteiger partial charge < -0.3 is 0 Å². The van der Waals surface area contributed by atoms with Gasteiger partial charge in [-0.3, -0.25) is 19.6 Å². The number of fused-ring (bicyclic) bond motifs is 4. The van der Waals surface area contributed by atoms with Crippen molar-refractivity contribution in [1.82, 2.24) is 0 Å². The van der Waals surface area contributed by atoms with Crippen molar-refractivity contribution >= 4 is 75.5 Å². The molecule has 216 valence electrons. The van der Waals surface area contributed by atoms with Crippen LogP contribution in [0, 0.1) is 0 Å². The first-order valence-corrected chi connectivity index (χ1v) is 16.0. The minimum Gasteiger partial charge on any atom is -0.292 e. The summed E-state index contributed by atoms with van der Waals surface area (Å²) in [6, 6.07) is 28.0. The lowest BCUT2D eigenvalue weighted by Crippen LogP contribution is -2.16. The number of hydrogen-bond acceptors (Lipinski definition) is 6. The molecule has 4 aliphatic heterocycles. The molecular weight excluding hydrogens is 680 g/mol. The summed E-state index contributed by atoms with van der Waals surface area (Å²) < 4.78 is 1.76. The van der Waals surface area contributed by atoms with Crippen molar-refractivity contribution in [2.24, 2.45) is 20.0 Å². The fourth-order valence-electron chi connectivity index (χ4n) is 5.80. The molecule has 44 heavy (non-hydrogen) atoms. The highest BCUT2D eigenvalue weighted by atomic mass is 79.9. The Labute approximate surface area is 272 Å². The molecule has 0 aromatic heterocycles. The molecule has 6 nitrogen and oxygen atoms in total. The summed E-state index contributed by atoms with van der Waals surface area (Å²) in [6.07, 6.45) is 2.09. The van der Waals surface area contributed by atoms with E-state index in [1.807, 2.05) is 72.8 Å². The molecule has 0 atom stereocenters. The third-order valence-electron chi connectivity index (χ3n) is 8.12. The fourth-order valence-corrected chi connectivity index (χ4v) is 6.79. The van der Waals surface area contributed by atoms with Crippen molar-refractivity contribution in [2.75, 3.05) is 0 Å². The Balaban J connectivity index is 0.000000142. The predicted molar refractivity (Wildman–Crippen MR) is 183 cm³/mol. The van der Waals surface area contributed by atoms with Gasteiger partial charge in [-0.25, -0.2) is 9.98 Å². The van der Waals surface area contributed by atoms with E-state index in [1.54, 1.807) is 0 Å². The molecule has 0 radical (unpaired) electrons. The monoisotopic (exact) mass is 704 g/mol. The topological polar surface area (TPSA) is 83.6 Å². The minimum atomic E-state index is 0.107. The lowest BCUT2D eigenvalue weighted by atomic mass is 10.00. The van der Waals surface area contributed by atoms with E-state index in [-0.39, 0.29) is 11.6 Å². The summed E-state index contributed by atoms with van der Waals surface area (Å²) in [7, 11) is 0. The van der Waals surface area contributed by atoms with Crippen molar-refractivity contribution in [1.29, 1.82) is 0 Å². The van der Waals surface area contributed by atoms with Gasteiger partial charge in [0.1, 0.15) is 9.24 Å². The SMILES string of the molecule is O=C(Cc1ccccc1)C1=Nc2cc3c(cc2C1)CN=C3Br.O=C(Cc1ccccc1)C1=Nc2cc3c(cc2C1)CN=C3Br. The Morgan fingerprint density at radius 1 is 0.568 bits per heavy atom. The summed E-state index contributed by atoms with van der Waals surface area (Å²) in [5.74, 6) is 0.214. The van der Waals surface area contributed by atoms with Gasteiger partial charge in [0.05, 0.1) is 35.9 Å². The van der Waals surface area contributed by atoms with Crippen LogP contribution in [0.25, 0.3) is 0 Å². The van der Waals surface area contributed by atoms with Crippen LogP contribution in [0.5, 0.6) is 0 Å². The van der Waals surface area contributed by atoms with Crippen LogP contribution in [0.4, 0.5) is 11.4 Å². The van der Waals surface area contributed by atoms with Crippen LogP contribution in [-0.4, -0.2) is 32.2 Å². The fraction of sp³-hybridized carbons (Fsp3) is 0.167. The summed E-state index contributed by atoms with van der Waals surface area (Å²) in [5.41, 5.74) is 12.1. The Morgan fingerprint density at radius 2 is 0.977 bits per heavy atom. The van der Waals surface area contributed by atoms with E-state index in [4.69, 9.17) is 0 Å². The number of carbonyl (C=O) groups excluding carboxylic acids is 2.